The van der Waals surface area contributed by atoms with Gasteiger partial charge in [0.1, 0.15) is 5.75 Å². The van der Waals surface area contributed by atoms with Crippen molar-refractivity contribution in [3.05, 3.63) is 17.2 Å². The summed E-state index contributed by atoms with van der Waals surface area (Å²) >= 11 is 1.18. The lowest BCUT2D eigenvalue weighted by Crippen LogP contribution is -2.10. The van der Waals surface area contributed by atoms with E-state index < -0.39 is 11.7 Å². The molecule has 0 atom stereocenters. The predicted octanol–water partition coefficient (Wildman–Crippen LogP) is 4.03. The van der Waals surface area contributed by atoms with Crippen molar-refractivity contribution < 1.29 is 17.9 Å². The third-order valence-electron chi connectivity index (χ3n) is 2.77. The summed E-state index contributed by atoms with van der Waals surface area (Å²) in [7, 11) is 1.24. The van der Waals surface area contributed by atoms with Crippen molar-refractivity contribution in [2.75, 3.05) is 12.8 Å². The number of rotatable bonds is 2. The van der Waals surface area contributed by atoms with E-state index in [0.29, 0.717) is 10.3 Å². The Bertz CT molecular complexity index is 619. The van der Waals surface area contributed by atoms with Crippen molar-refractivity contribution in [3.8, 4) is 5.75 Å². The van der Waals surface area contributed by atoms with Crippen LogP contribution in [0.25, 0.3) is 10.2 Å². The van der Waals surface area contributed by atoms with Crippen molar-refractivity contribution in [2.24, 2.45) is 0 Å². The first-order chi connectivity index (χ1) is 8.75. The zero-order chi connectivity index (χ0) is 14.4. The highest BCUT2D eigenvalue weighted by Crippen LogP contribution is 2.45. The van der Waals surface area contributed by atoms with Crippen LogP contribution in [0.1, 0.15) is 30.9 Å². The van der Waals surface area contributed by atoms with Gasteiger partial charge in [-0.3, -0.25) is 0 Å². The van der Waals surface area contributed by atoms with Crippen LogP contribution in [-0.2, 0) is 6.18 Å². The first-order valence-electron chi connectivity index (χ1n) is 5.59. The third-order valence-corrected chi connectivity index (χ3v) is 3.71. The highest BCUT2D eigenvalue weighted by Gasteiger charge is 2.37. The smallest absolute Gasteiger partial charge is 0.420 e. The Hall–Kier alpha value is -1.50. The van der Waals surface area contributed by atoms with Crippen LogP contribution in [0.3, 0.4) is 0 Å². The van der Waals surface area contributed by atoms with Gasteiger partial charge < -0.3 is 10.5 Å². The maximum absolute atomic E-state index is 13.1. The lowest BCUT2D eigenvalue weighted by Gasteiger charge is -2.18. The number of nitrogens with zero attached hydrogens (tertiary/aromatic N) is 1. The number of fused-ring (bicyclic) bond motifs is 1. The van der Waals surface area contributed by atoms with Gasteiger partial charge in [-0.25, -0.2) is 4.98 Å². The van der Waals surface area contributed by atoms with Crippen molar-refractivity contribution >= 4 is 26.7 Å². The summed E-state index contributed by atoms with van der Waals surface area (Å²) in [5.74, 6) is -0.266. The summed E-state index contributed by atoms with van der Waals surface area (Å²) in [6.45, 7) is 3.63. The Morgan fingerprint density at radius 1 is 1.37 bits per heavy atom. The summed E-state index contributed by atoms with van der Waals surface area (Å²) in [4.78, 5) is 3.95. The van der Waals surface area contributed by atoms with E-state index in [1.54, 1.807) is 0 Å². The van der Waals surface area contributed by atoms with Gasteiger partial charge in [0.05, 0.1) is 22.9 Å². The molecular weight excluding hydrogens is 277 g/mol. The molecule has 0 bridgehead atoms. The number of halogens is 3. The van der Waals surface area contributed by atoms with Gasteiger partial charge in [0.2, 0.25) is 0 Å². The molecule has 2 rings (SSSR count). The fraction of sp³-hybridized carbons (Fsp3) is 0.417. The molecule has 2 aromatic rings. The number of nitrogen functional groups attached to an aromatic ring is 1. The highest BCUT2D eigenvalue weighted by atomic mass is 32.1. The topological polar surface area (TPSA) is 48.1 Å². The van der Waals surface area contributed by atoms with Gasteiger partial charge in [-0.15, -0.1) is 0 Å². The molecule has 1 aromatic carbocycles. The summed E-state index contributed by atoms with van der Waals surface area (Å²) in [5.41, 5.74) is 5.55. The van der Waals surface area contributed by atoms with Crippen LogP contribution >= 0.6 is 11.3 Å². The molecule has 0 aliphatic carbocycles. The normalized spacial score (nSPS) is 12.4. The molecule has 104 valence electrons. The van der Waals surface area contributed by atoms with Gasteiger partial charge in [-0.1, -0.05) is 25.2 Å². The van der Waals surface area contributed by atoms with Gasteiger partial charge >= 0.3 is 6.18 Å². The fourth-order valence-electron chi connectivity index (χ4n) is 2.05. The number of nitrogens with two attached hydrogens (primary N) is 1. The summed E-state index contributed by atoms with van der Waals surface area (Å²) < 4.78 is 44.9. The second kappa shape index (κ2) is 4.56. The van der Waals surface area contributed by atoms with Gasteiger partial charge in [0.15, 0.2) is 5.13 Å². The van der Waals surface area contributed by atoms with E-state index in [0.717, 1.165) is 6.07 Å². The number of ether oxygens (including phenoxy) is 1. The number of anilines is 1. The van der Waals surface area contributed by atoms with Crippen LogP contribution in [0, 0.1) is 0 Å². The lowest BCUT2D eigenvalue weighted by atomic mass is 9.98. The molecule has 0 amide bonds. The number of methoxy groups -OCH3 is 1. The largest absolute Gasteiger partial charge is 0.496 e. The van der Waals surface area contributed by atoms with Crippen molar-refractivity contribution in [1.29, 1.82) is 0 Å². The zero-order valence-corrected chi connectivity index (χ0v) is 11.4. The quantitative estimate of drug-likeness (QED) is 0.908. The van der Waals surface area contributed by atoms with E-state index in [4.69, 9.17) is 10.5 Å². The summed E-state index contributed by atoms with van der Waals surface area (Å²) in [6, 6.07) is 0.993. The molecule has 0 saturated heterocycles. The molecule has 0 saturated carbocycles. The van der Waals surface area contributed by atoms with E-state index >= 15 is 0 Å². The second-order valence-corrected chi connectivity index (χ2v) is 5.45. The Balaban J connectivity index is 2.91. The average Bonchev–Trinajstić information content (AvgIpc) is 2.64. The SMILES string of the molecule is COc1c(C(F)(F)F)cc2nc(N)sc2c1C(C)C. The van der Waals surface area contributed by atoms with Gasteiger partial charge in [0.25, 0.3) is 0 Å². The molecule has 2 N–H and O–H groups in total. The molecule has 1 aromatic heterocycles. The number of benzene rings is 1. The Morgan fingerprint density at radius 3 is 2.47 bits per heavy atom. The Kier molecular flexibility index (Phi) is 3.34. The predicted molar refractivity (Wildman–Crippen MR) is 69.7 cm³/mol. The number of aromatic nitrogens is 1. The molecule has 0 unspecified atom stereocenters. The lowest BCUT2D eigenvalue weighted by molar-refractivity contribution is -0.138. The van der Waals surface area contributed by atoms with Crippen molar-refractivity contribution in [3.63, 3.8) is 0 Å². The number of alkyl halides is 3. The molecule has 19 heavy (non-hydrogen) atoms. The molecule has 3 nitrogen and oxygen atoms in total. The van der Waals surface area contributed by atoms with Crippen LogP contribution in [0.4, 0.5) is 18.3 Å². The minimum absolute atomic E-state index is 0.125. The molecule has 0 aliphatic rings. The monoisotopic (exact) mass is 290 g/mol. The first kappa shape index (κ1) is 13.9. The van der Waals surface area contributed by atoms with Crippen LogP contribution in [-0.4, -0.2) is 12.1 Å². The number of thiazole rings is 1. The highest BCUT2D eigenvalue weighted by molar-refractivity contribution is 7.22. The molecule has 0 radical (unpaired) electrons. The average molecular weight is 290 g/mol. The summed E-state index contributed by atoms with van der Waals surface area (Å²) in [5, 5.41) is 0.248. The van der Waals surface area contributed by atoms with Crippen molar-refractivity contribution in [2.45, 2.75) is 25.9 Å². The number of hydrogen-bond donors (Lipinski definition) is 1. The minimum Gasteiger partial charge on any atom is -0.496 e. The van der Waals surface area contributed by atoms with Crippen LogP contribution in [0.2, 0.25) is 0 Å². The molecule has 7 heteroatoms. The van der Waals surface area contributed by atoms with Crippen LogP contribution in [0.5, 0.6) is 5.75 Å². The Labute approximate surface area is 112 Å². The van der Waals surface area contributed by atoms with Crippen LogP contribution < -0.4 is 10.5 Å². The summed E-state index contributed by atoms with van der Waals surface area (Å²) in [6.07, 6.45) is -4.48. The zero-order valence-electron chi connectivity index (χ0n) is 10.6. The van der Waals surface area contributed by atoms with E-state index in [9.17, 15) is 13.2 Å². The second-order valence-electron chi connectivity index (χ2n) is 4.42. The van der Waals surface area contributed by atoms with E-state index in [2.05, 4.69) is 4.98 Å². The van der Waals surface area contributed by atoms with E-state index in [1.165, 1.54) is 18.4 Å². The fourth-order valence-corrected chi connectivity index (χ4v) is 3.05. The molecule has 0 aliphatic heterocycles. The number of hydrogen-bond acceptors (Lipinski definition) is 4. The first-order valence-corrected chi connectivity index (χ1v) is 6.41. The van der Waals surface area contributed by atoms with Crippen LogP contribution in [0.15, 0.2) is 6.07 Å². The standard InChI is InChI=1S/C12H13F3N2OS/c1-5(2)8-9(18-3)6(12(13,14)15)4-7-10(8)19-11(16)17-7/h4-5H,1-3H3,(H2,16,17). The Morgan fingerprint density at radius 2 is 2.00 bits per heavy atom. The molecular formula is C12H13F3N2OS. The van der Waals surface area contributed by atoms with E-state index in [1.807, 2.05) is 13.8 Å². The minimum atomic E-state index is -4.48. The maximum atomic E-state index is 13.1. The van der Waals surface area contributed by atoms with Crippen molar-refractivity contribution in [1.82, 2.24) is 4.98 Å². The molecule has 0 spiro atoms. The van der Waals surface area contributed by atoms with Gasteiger partial charge in [0, 0.05) is 5.56 Å². The maximum Gasteiger partial charge on any atom is 0.420 e. The van der Waals surface area contributed by atoms with Gasteiger partial charge in [-0.05, 0) is 12.0 Å². The molecule has 0 fully saturated rings. The third kappa shape index (κ3) is 2.34. The molecule has 1 heterocycles. The van der Waals surface area contributed by atoms with E-state index in [-0.39, 0.29) is 22.3 Å². The van der Waals surface area contributed by atoms with Gasteiger partial charge in [-0.2, -0.15) is 13.2 Å².